The van der Waals surface area contributed by atoms with Crippen molar-refractivity contribution in [3.63, 3.8) is 0 Å². The summed E-state index contributed by atoms with van der Waals surface area (Å²) in [5.74, 6) is 1.01. The summed E-state index contributed by atoms with van der Waals surface area (Å²) in [7, 11) is 1.84. The Morgan fingerprint density at radius 1 is 1.26 bits per heavy atom. The molecule has 4 nitrogen and oxygen atoms in total. The summed E-state index contributed by atoms with van der Waals surface area (Å²) in [5.41, 5.74) is 2.15. The van der Waals surface area contributed by atoms with Gasteiger partial charge in [0.1, 0.15) is 5.75 Å². The SMILES string of the molecule is Cc1ccccc1OCCCC(=O)N(C)C(C)c1cccnc1. The molecule has 0 aliphatic carbocycles. The van der Waals surface area contributed by atoms with Gasteiger partial charge < -0.3 is 9.64 Å². The highest BCUT2D eigenvalue weighted by molar-refractivity contribution is 5.76. The van der Waals surface area contributed by atoms with Gasteiger partial charge in [-0.15, -0.1) is 0 Å². The van der Waals surface area contributed by atoms with Crippen LogP contribution in [-0.4, -0.2) is 29.4 Å². The van der Waals surface area contributed by atoms with Crippen LogP contribution in [0.5, 0.6) is 5.75 Å². The van der Waals surface area contributed by atoms with E-state index in [1.807, 2.05) is 57.3 Å². The molecule has 1 aromatic carbocycles. The predicted octanol–water partition coefficient (Wildman–Crippen LogP) is 3.77. The Morgan fingerprint density at radius 2 is 2.04 bits per heavy atom. The number of pyridine rings is 1. The number of aromatic nitrogens is 1. The molecule has 1 amide bonds. The van der Waals surface area contributed by atoms with Gasteiger partial charge in [0.15, 0.2) is 0 Å². The Morgan fingerprint density at radius 3 is 2.74 bits per heavy atom. The number of aryl methyl sites for hydroxylation is 1. The molecule has 122 valence electrons. The Hall–Kier alpha value is -2.36. The number of amides is 1. The fraction of sp³-hybridized carbons (Fsp3) is 0.368. The lowest BCUT2D eigenvalue weighted by Gasteiger charge is -2.25. The van der Waals surface area contributed by atoms with E-state index in [9.17, 15) is 4.79 Å². The molecule has 2 rings (SSSR count). The molecular weight excluding hydrogens is 288 g/mol. The Bertz CT molecular complexity index is 628. The van der Waals surface area contributed by atoms with Crippen LogP contribution in [0.3, 0.4) is 0 Å². The van der Waals surface area contributed by atoms with Gasteiger partial charge in [-0.2, -0.15) is 0 Å². The first-order chi connectivity index (χ1) is 11.1. The predicted molar refractivity (Wildman–Crippen MR) is 91.3 cm³/mol. The molecule has 0 fully saturated rings. The largest absolute Gasteiger partial charge is 0.493 e. The first-order valence-corrected chi connectivity index (χ1v) is 7.93. The summed E-state index contributed by atoms with van der Waals surface area (Å²) in [6.45, 7) is 4.58. The second-order valence-corrected chi connectivity index (χ2v) is 5.68. The van der Waals surface area contributed by atoms with Crippen LogP contribution in [0.2, 0.25) is 0 Å². The summed E-state index contributed by atoms with van der Waals surface area (Å²) in [6, 6.07) is 11.8. The summed E-state index contributed by atoms with van der Waals surface area (Å²) >= 11 is 0. The molecule has 0 spiro atoms. The summed E-state index contributed by atoms with van der Waals surface area (Å²) in [5, 5.41) is 0. The second-order valence-electron chi connectivity index (χ2n) is 5.68. The monoisotopic (exact) mass is 312 g/mol. The van der Waals surface area contributed by atoms with Crippen molar-refractivity contribution < 1.29 is 9.53 Å². The molecule has 2 aromatic rings. The number of ether oxygens (including phenoxy) is 1. The molecule has 23 heavy (non-hydrogen) atoms. The number of nitrogens with zero attached hydrogens (tertiary/aromatic N) is 2. The number of benzene rings is 1. The number of hydrogen-bond donors (Lipinski definition) is 0. The fourth-order valence-electron chi connectivity index (χ4n) is 2.36. The van der Waals surface area contributed by atoms with E-state index in [1.165, 1.54) is 0 Å². The highest BCUT2D eigenvalue weighted by Crippen LogP contribution is 2.19. The van der Waals surface area contributed by atoms with Gasteiger partial charge in [0.05, 0.1) is 12.6 Å². The van der Waals surface area contributed by atoms with Crippen molar-refractivity contribution >= 4 is 5.91 Å². The van der Waals surface area contributed by atoms with Crippen molar-refractivity contribution in [3.05, 3.63) is 59.9 Å². The first kappa shape index (κ1) is 17.0. The van der Waals surface area contributed by atoms with Gasteiger partial charge in [0.2, 0.25) is 5.91 Å². The highest BCUT2D eigenvalue weighted by Gasteiger charge is 2.17. The Labute approximate surface area is 138 Å². The Balaban J connectivity index is 1.77. The van der Waals surface area contributed by atoms with Gasteiger partial charge in [-0.1, -0.05) is 24.3 Å². The molecule has 0 aliphatic rings. The topological polar surface area (TPSA) is 42.4 Å². The van der Waals surface area contributed by atoms with E-state index in [0.29, 0.717) is 19.4 Å². The third-order valence-corrected chi connectivity index (χ3v) is 4.03. The van der Waals surface area contributed by atoms with Crippen molar-refractivity contribution in [2.45, 2.75) is 32.7 Å². The molecule has 1 aromatic heterocycles. The van der Waals surface area contributed by atoms with E-state index in [1.54, 1.807) is 17.3 Å². The molecular formula is C19H24N2O2. The number of rotatable bonds is 7. The summed E-state index contributed by atoms with van der Waals surface area (Å²) in [6.07, 6.45) is 4.72. The lowest BCUT2D eigenvalue weighted by Crippen LogP contribution is -2.29. The maximum Gasteiger partial charge on any atom is 0.222 e. The molecule has 0 radical (unpaired) electrons. The zero-order chi connectivity index (χ0) is 16.7. The van der Waals surface area contributed by atoms with E-state index in [0.717, 1.165) is 16.9 Å². The van der Waals surface area contributed by atoms with Crippen molar-refractivity contribution in [1.82, 2.24) is 9.88 Å². The average molecular weight is 312 g/mol. The highest BCUT2D eigenvalue weighted by atomic mass is 16.5. The lowest BCUT2D eigenvalue weighted by atomic mass is 10.1. The average Bonchev–Trinajstić information content (AvgIpc) is 2.59. The number of para-hydroxylation sites is 1. The van der Waals surface area contributed by atoms with E-state index in [2.05, 4.69) is 4.98 Å². The first-order valence-electron chi connectivity index (χ1n) is 7.93. The molecule has 0 bridgehead atoms. The minimum atomic E-state index is 0.0217. The van der Waals surface area contributed by atoms with Crippen LogP contribution in [0.1, 0.15) is 36.9 Å². The molecule has 1 heterocycles. The van der Waals surface area contributed by atoms with Crippen LogP contribution in [0.4, 0.5) is 0 Å². The summed E-state index contributed by atoms with van der Waals surface area (Å²) in [4.78, 5) is 18.2. The van der Waals surface area contributed by atoms with E-state index < -0.39 is 0 Å². The number of hydrogen-bond acceptors (Lipinski definition) is 3. The second kappa shape index (κ2) is 8.32. The minimum Gasteiger partial charge on any atom is -0.493 e. The number of carbonyl (C=O) groups excluding carboxylic acids is 1. The van der Waals surface area contributed by atoms with Gasteiger partial charge in [0.25, 0.3) is 0 Å². The molecule has 1 atom stereocenters. The van der Waals surface area contributed by atoms with Crippen LogP contribution in [-0.2, 0) is 4.79 Å². The third kappa shape index (κ3) is 4.81. The van der Waals surface area contributed by atoms with Crippen LogP contribution >= 0.6 is 0 Å². The van der Waals surface area contributed by atoms with Crippen molar-refractivity contribution in [2.24, 2.45) is 0 Å². The van der Waals surface area contributed by atoms with Crippen molar-refractivity contribution in [3.8, 4) is 5.75 Å². The van der Waals surface area contributed by atoms with Crippen LogP contribution in [0.25, 0.3) is 0 Å². The molecule has 0 N–H and O–H groups in total. The standard InChI is InChI=1S/C19H24N2O2/c1-15-8-4-5-10-18(15)23-13-7-11-19(22)21(3)16(2)17-9-6-12-20-14-17/h4-6,8-10,12,14,16H,7,11,13H2,1-3H3. The van der Waals surface area contributed by atoms with Gasteiger partial charge in [-0.25, -0.2) is 0 Å². The third-order valence-electron chi connectivity index (χ3n) is 4.03. The minimum absolute atomic E-state index is 0.0217. The normalized spacial score (nSPS) is 11.8. The molecule has 0 aliphatic heterocycles. The summed E-state index contributed by atoms with van der Waals surface area (Å²) < 4.78 is 5.73. The quantitative estimate of drug-likeness (QED) is 0.731. The molecule has 4 heteroatoms. The van der Waals surface area contributed by atoms with Crippen molar-refractivity contribution in [2.75, 3.05) is 13.7 Å². The maximum atomic E-state index is 12.3. The van der Waals surface area contributed by atoms with Gasteiger partial charge in [0, 0.05) is 25.9 Å². The van der Waals surface area contributed by atoms with Crippen LogP contribution in [0.15, 0.2) is 48.8 Å². The van der Waals surface area contributed by atoms with E-state index in [4.69, 9.17) is 4.74 Å². The van der Waals surface area contributed by atoms with Crippen LogP contribution < -0.4 is 4.74 Å². The lowest BCUT2D eigenvalue weighted by molar-refractivity contribution is -0.132. The Kier molecular flexibility index (Phi) is 6.15. The van der Waals surface area contributed by atoms with Crippen LogP contribution in [0, 0.1) is 6.92 Å². The number of carbonyl (C=O) groups is 1. The molecule has 1 unspecified atom stereocenters. The van der Waals surface area contributed by atoms with Crippen molar-refractivity contribution in [1.29, 1.82) is 0 Å². The fourth-order valence-corrected chi connectivity index (χ4v) is 2.36. The van der Waals surface area contributed by atoms with Gasteiger partial charge in [-0.05, 0) is 43.5 Å². The maximum absolute atomic E-state index is 12.3. The zero-order valence-electron chi connectivity index (χ0n) is 14.0. The van der Waals surface area contributed by atoms with E-state index in [-0.39, 0.29) is 11.9 Å². The van der Waals surface area contributed by atoms with E-state index >= 15 is 0 Å². The van der Waals surface area contributed by atoms with Gasteiger partial charge in [-0.3, -0.25) is 9.78 Å². The zero-order valence-corrected chi connectivity index (χ0v) is 14.0. The molecule has 0 saturated carbocycles. The molecule has 0 saturated heterocycles. The van der Waals surface area contributed by atoms with Gasteiger partial charge >= 0.3 is 0 Å². The smallest absolute Gasteiger partial charge is 0.222 e.